The van der Waals surface area contributed by atoms with Crippen LogP contribution in [0, 0.1) is 6.92 Å². The SMILES string of the molecule is Cc1ccsc1/C=C/C(=O)N1CCNC(=O)C1. The maximum absolute atomic E-state index is 11.8. The quantitative estimate of drug-likeness (QED) is 0.797. The summed E-state index contributed by atoms with van der Waals surface area (Å²) < 4.78 is 0. The van der Waals surface area contributed by atoms with Crippen molar-refractivity contribution in [3.63, 3.8) is 0 Å². The second-order valence-corrected chi connectivity index (χ2v) is 4.86. The van der Waals surface area contributed by atoms with Gasteiger partial charge in [0.1, 0.15) is 0 Å². The molecule has 90 valence electrons. The van der Waals surface area contributed by atoms with Crippen molar-refractivity contribution in [1.82, 2.24) is 10.2 Å². The zero-order chi connectivity index (χ0) is 12.3. The van der Waals surface area contributed by atoms with E-state index in [4.69, 9.17) is 0 Å². The normalized spacial score (nSPS) is 16.3. The lowest BCUT2D eigenvalue weighted by Crippen LogP contribution is -2.49. The number of piperazine rings is 1. The van der Waals surface area contributed by atoms with Crippen LogP contribution in [0.4, 0.5) is 0 Å². The van der Waals surface area contributed by atoms with E-state index in [1.807, 2.05) is 24.4 Å². The third-order valence-electron chi connectivity index (χ3n) is 2.63. The zero-order valence-corrected chi connectivity index (χ0v) is 10.4. The van der Waals surface area contributed by atoms with Gasteiger partial charge >= 0.3 is 0 Å². The topological polar surface area (TPSA) is 49.4 Å². The van der Waals surface area contributed by atoms with Crippen LogP contribution in [0.25, 0.3) is 6.08 Å². The Kier molecular flexibility index (Phi) is 3.58. The number of hydrogen-bond acceptors (Lipinski definition) is 3. The van der Waals surface area contributed by atoms with Crippen LogP contribution in [0.15, 0.2) is 17.5 Å². The summed E-state index contributed by atoms with van der Waals surface area (Å²) in [5, 5.41) is 4.68. The molecule has 0 saturated carbocycles. The molecule has 0 bridgehead atoms. The molecule has 0 unspecified atom stereocenters. The Morgan fingerprint density at radius 2 is 2.41 bits per heavy atom. The van der Waals surface area contributed by atoms with E-state index in [1.54, 1.807) is 16.2 Å². The minimum atomic E-state index is -0.104. The average molecular weight is 250 g/mol. The highest BCUT2D eigenvalue weighted by atomic mass is 32.1. The van der Waals surface area contributed by atoms with E-state index in [0.29, 0.717) is 13.1 Å². The molecule has 17 heavy (non-hydrogen) atoms. The molecule has 1 fully saturated rings. The van der Waals surface area contributed by atoms with Crippen LogP contribution in [0.5, 0.6) is 0 Å². The Morgan fingerprint density at radius 1 is 1.59 bits per heavy atom. The van der Waals surface area contributed by atoms with Crippen molar-refractivity contribution < 1.29 is 9.59 Å². The third-order valence-corrected chi connectivity index (χ3v) is 3.61. The maximum atomic E-state index is 11.8. The lowest BCUT2D eigenvalue weighted by atomic mass is 10.2. The summed E-state index contributed by atoms with van der Waals surface area (Å²) in [7, 11) is 0. The second-order valence-electron chi connectivity index (χ2n) is 3.91. The van der Waals surface area contributed by atoms with Gasteiger partial charge in [0, 0.05) is 24.0 Å². The van der Waals surface area contributed by atoms with E-state index >= 15 is 0 Å². The Hall–Kier alpha value is -1.62. The van der Waals surface area contributed by atoms with Crippen molar-refractivity contribution in [3.8, 4) is 0 Å². The summed E-state index contributed by atoms with van der Waals surface area (Å²) >= 11 is 1.60. The van der Waals surface area contributed by atoms with Crippen LogP contribution < -0.4 is 5.32 Å². The van der Waals surface area contributed by atoms with Crippen LogP contribution in [0.3, 0.4) is 0 Å². The fraction of sp³-hybridized carbons (Fsp3) is 0.333. The Labute approximate surface area is 104 Å². The molecule has 0 aliphatic carbocycles. The summed E-state index contributed by atoms with van der Waals surface area (Å²) in [5.41, 5.74) is 1.16. The van der Waals surface area contributed by atoms with Gasteiger partial charge in [-0.15, -0.1) is 11.3 Å². The molecule has 1 saturated heterocycles. The molecular formula is C12H14N2O2S. The molecular weight excluding hydrogens is 236 g/mol. The largest absolute Gasteiger partial charge is 0.353 e. The van der Waals surface area contributed by atoms with Gasteiger partial charge in [-0.1, -0.05) is 0 Å². The molecule has 0 spiro atoms. The van der Waals surface area contributed by atoms with Gasteiger partial charge in [-0.05, 0) is 30.0 Å². The first-order valence-electron chi connectivity index (χ1n) is 5.44. The van der Waals surface area contributed by atoms with E-state index in [2.05, 4.69) is 5.32 Å². The molecule has 0 atom stereocenters. The number of rotatable bonds is 2. The molecule has 5 heteroatoms. The smallest absolute Gasteiger partial charge is 0.247 e. The molecule has 0 radical (unpaired) electrons. The molecule has 0 aromatic carbocycles. The number of carbonyl (C=O) groups is 2. The highest BCUT2D eigenvalue weighted by Crippen LogP contribution is 2.17. The van der Waals surface area contributed by atoms with Crippen LogP contribution in [0.2, 0.25) is 0 Å². The summed E-state index contributed by atoms with van der Waals surface area (Å²) in [6.07, 6.45) is 3.35. The number of amides is 2. The van der Waals surface area contributed by atoms with Gasteiger partial charge in [-0.25, -0.2) is 0 Å². The van der Waals surface area contributed by atoms with E-state index in [-0.39, 0.29) is 18.4 Å². The number of thiophene rings is 1. The number of aryl methyl sites for hydroxylation is 1. The van der Waals surface area contributed by atoms with Gasteiger partial charge < -0.3 is 10.2 Å². The molecule has 1 aromatic rings. The van der Waals surface area contributed by atoms with Crippen LogP contribution >= 0.6 is 11.3 Å². The summed E-state index contributed by atoms with van der Waals surface area (Å²) in [4.78, 5) is 25.6. The number of carbonyl (C=O) groups excluding carboxylic acids is 2. The van der Waals surface area contributed by atoms with Crippen molar-refractivity contribution in [3.05, 3.63) is 28.0 Å². The minimum Gasteiger partial charge on any atom is -0.353 e. The van der Waals surface area contributed by atoms with E-state index in [0.717, 1.165) is 10.4 Å². The number of hydrogen-bond donors (Lipinski definition) is 1. The number of nitrogens with zero attached hydrogens (tertiary/aromatic N) is 1. The number of nitrogens with one attached hydrogen (secondary N) is 1. The fourth-order valence-corrected chi connectivity index (χ4v) is 2.45. The van der Waals surface area contributed by atoms with E-state index in [9.17, 15) is 9.59 Å². The predicted molar refractivity (Wildman–Crippen MR) is 67.7 cm³/mol. The molecule has 1 aliphatic rings. The molecule has 1 N–H and O–H groups in total. The Bertz CT molecular complexity index is 465. The van der Waals surface area contributed by atoms with Crippen molar-refractivity contribution in [1.29, 1.82) is 0 Å². The monoisotopic (exact) mass is 250 g/mol. The van der Waals surface area contributed by atoms with Crippen molar-refractivity contribution >= 4 is 29.2 Å². The predicted octanol–water partition coefficient (Wildman–Crippen LogP) is 1.03. The van der Waals surface area contributed by atoms with Gasteiger partial charge in [0.25, 0.3) is 0 Å². The van der Waals surface area contributed by atoms with Gasteiger partial charge in [0.05, 0.1) is 6.54 Å². The minimum absolute atomic E-state index is 0.0923. The summed E-state index contributed by atoms with van der Waals surface area (Å²) in [6, 6.07) is 2.02. The zero-order valence-electron chi connectivity index (χ0n) is 9.60. The molecule has 2 rings (SSSR count). The van der Waals surface area contributed by atoms with Gasteiger partial charge in [-0.3, -0.25) is 9.59 Å². The first kappa shape index (κ1) is 11.9. The summed E-state index contributed by atoms with van der Waals surface area (Å²) in [5.74, 6) is -0.196. The molecule has 2 amide bonds. The molecule has 1 aliphatic heterocycles. The highest BCUT2D eigenvalue weighted by Gasteiger charge is 2.18. The van der Waals surface area contributed by atoms with Crippen LogP contribution in [-0.2, 0) is 9.59 Å². The van der Waals surface area contributed by atoms with Gasteiger partial charge in [-0.2, -0.15) is 0 Å². The molecule has 4 nitrogen and oxygen atoms in total. The molecule has 2 heterocycles. The second kappa shape index (κ2) is 5.14. The Morgan fingerprint density at radius 3 is 3.06 bits per heavy atom. The van der Waals surface area contributed by atoms with E-state index in [1.165, 1.54) is 6.08 Å². The van der Waals surface area contributed by atoms with E-state index < -0.39 is 0 Å². The first-order chi connectivity index (χ1) is 8.16. The lowest BCUT2D eigenvalue weighted by molar-refractivity contribution is -0.134. The first-order valence-corrected chi connectivity index (χ1v) is 6.32. The standard InChI is InChI=1S/C12H14N2O2S/c1-9-4-7-17-10(9)2-3-12(16)14-6-5-13-11(15)8-14/h2-4,7H,5-6,8H2,1H3,(H,13,15)/b3-2+. The average Bonchev–Trinajstić information content (AvgIpc) is 2.72. The van der Waals surface area contributed by atoms with Crippen molar-refractivity contribution in [2.45, 2.75) is 6.92 Å². The van der Waals surface area contributed by atoms with Crippen molar-refractivity contribution in [2.75, 3.05) is 19.6 Å². The summed E-state index contributed by atoms with van der Waals surface area (Å²) in [6.45, 7) is 3.29. The fourth-order valence-electron chi connectivity index (χ4n) is 1.63. The Balaban J connectivity index is 1.99. The third kappa shape index (κ3) is 2.94. The van der Waals surface area contributed by atoms with Crippen LogP contribution in [0.1, 0.15) is 10.4 Å². The van der Waals surface area contributed by atoms with Gasteiger partial charge in [0.15, 0.2) is 0 Å². The van der Waals surface area contributed by atoms with Crippen LogP contribution in [-0.4, -0.2) is 36.3 Å². The maximum Gasteiger partial charge on any atom is 0.247 e. The molecule has 1 aromatic heterocycles. The van der Waals surface area contributed by atoms with Gasteiger partial charge in [0.2, 0.25) is 11.8 Å². The lowest BCUT2D eigenvalue weighted by Gasteiger charge is -2.25. The van der Waals surface area contributed by atoms with Crippen molar-refractivity contribution in [2.24, 2.45) is 0 Å². The highest BCUT2D eigenvalue weighted by molar-refractivity contribution is 7.11.